The van der Waals surface area contributed by atoms with E-state index in [1.165, 1.54) is 10.9 Å². The molecular weight excluding hydrogens is 200 g/mol. The van der Waals surface area contributed by atoms with Crippen LogP contribution in [0, 0.1) is 0 Å². The fraction of sp³-hybridized carbons (Fsp3) is 0. The Morgan fingerprint density at radius 3 is 2.93 bits per heavy atom. The van der Waals surface area contributed by atoms with Gasteiger partial charge in [-0.05, 0) is 29.5 Å². The number of aromatic nitrogens is 4. The summed E-state index contributed by atoms with van der Waals surface area (Å²) in [4.78, 5) is 1.41. The summed E-state index contributed by atoms with van der Waals surface area (Å²) < 4.78 is 0. The molecule has 0 aliphatic heterocycles. The van der Waals surface area contributed by atoms with Gasteiger partial charge in [-0.3, -0.25) is 0 Å². The Morgan fingerprint density at radius 2 is 2.29 bits per heavy atom. The molecule has 1 aromatic carbocycles. The molecule has 1 heterocycles. The van der Waals surface area contributed by atoms with Crippen LogP contribution >= 0.6 is 11.6 Å². The lowest BCUT2D eigenvalue weighted by atomic mass is 10.3. The standard InChI is InChI=1S/C9H7ClN4/c1-2-9-11-13-14(12-9)8-5-3-4-7(10)6-8/h2-6H,1H2. The molecule has 0 bridgehead atoms. The maximum Gasteiger partial charge on any atom is 0.197 e. The molecule has 2 aromatic rings. The molecule has 0 N–H and O–H groups in total. The number of benzene rings is 1. The summed E-state index contributed by atoms with van der Waals surface area (Å²) in [6.45, 7) is 3.55. The van der Waals surface area contributed by atoms with E-state index in [1.807, 2.05) is 12.1 Å². The largest absolute Gasteiger partial charge is 0.197 e. The summed E-state index contributed by atoms with van der Waals surface area (Å²) in [6.07, 6.45) is 1.54. The van der Waals surface area contributed by atoms with Gasteiger partial charge in [-0.25, -0.2) is 0 Å². The van der Waals surface area contributed by atoms with Crippen molar-refractivity contribution < 1.29 is 0 Å². The SMILES string of the molecule is C=Cc1nnn(-c2cccc(Cl)c2)n1. The Balaban J connectivity index is 2.43. The molecule has 0 unspecified atom stereocenters. The molecule has 14 heavy (non-hydrogen) atoms. The molecule has 0 radical (unpaired) electrons. The van der Waals surface area contributed by atoms with Crippen LogP contribution in [-0.4, -0.2) is 20.2 Å². The van der Waals surface area contributed by atoms with E-state index in [2.05, 4.69) is 22.0 Å². The highest BCUT2D eigenvalue weighted by molar-refractivity contribution is 6.30. The zero-order valence-electron chi connectivity index (χ0n) is 7.26. The minimum absolute atomic E-state index is 0.491. The third kappa shape index (κ3) is 1.65. The van der Waals surface area contributed by atoms with Gasteiger partial charge in [0, 0.05) is 5.02 Å². The average molecular weight is 207 g/mol. The van der Waals surface area contributed by atoms with Gasteiger partial charge in [-0.1, -0.05) is 24.2 Å². The van der Waals surface area contributed by atoms with Crippen LogP contribution in [0.15, 0.2) is 30.8 Å². The zero-order chi connectivity index (χ0) is 9.97. The lowest BCUT2D eigenvalue weighted by Gasteiger charge is -1.97. The summed E-state index contributed by atoms with van der Waals surface area (Å²) >= 11 is 5.83. The first-order valence-electron chi connectivity index (χ1n) is 3.98. The Hall–Kier alpha value is -1.68. The van der Waals surface area contributed by atoms with Gasteiger partial charge < -0.3 is 0 Å². The van der Waals surface area contributed by atoms with Crippen LogP contribution in [0.4, 0.5) is 0 Å². The molecule has 0 fully saturated rings. The fourth-order valence-electron chi connectivity index (χ4n) is 1.02. The molecule has 0 spiro atoms. The van der Waals surface area contributed by atoms with E-state index in [0.29, 0.717) is 10.8 Å². The highest BCUT2D eigenvalue weighted by Gasteiger charge is 2.01. The topological polar surface area (TPSA) is 43.6 Å². The predicted molar refractivity (Wildman–Crippen MR) is 54.3 cm³/mol. The van der Waals surface area contributed by atoms with Crippen molar-refractivity contribution in [1.29, 1.82) is 0 Å². The number of rotatable bonds is 2. The van der Waals surface area contributed by atoms with E-state index in [1.54, 1.807) is 12.1 Å². The van der Waals surface area contributed by atoms with Crippen LogP contribution in [0.3, 0.4) is 0 Å². The van der Waals surface area contributed by atoms with Gasteiger partial charge in [-0.2, -0.15) is 0 Å². The van der Waals surface area contributed by atoms with Gasteiger partial charge in [0.2, 0.25) is 0 Å². The molecule has 0 saturated carbocycles. The molecule has 5 heteroatoms. The third-order valence-electron chi connectivity index (χ3n) is 1.65. The van der Waals surface area contributed by atoms with Crippen molar-refractivity contribution in [3.05, 3.63) is 41.7 Å². The number of hydrogen-bond acceptors (Lipinski definition) is 3. The van der Waals surface area contributed by atoms with Gasteiger partial charge >= 0.3 is 0 Å². The van der Waals surface area contributed by atoms with Crippen molar-refractivity contribution in [2.45, 2.75) is 0 Å². The first-order valence-corrected chi connectivity index (χ1v) is 4.36. The number of hydrogen-bond donors (Lipinski definition) is 0. The van der Waals surface area contributed by atoms with Gasteiger partial charge in [0.1, 0.15) is 0 Å². The molecular formula is C9H7ClN4. The summed E-state index contributed by atoms with van der Waals surface area (Å²) in [5.41, 5.74) is 0.776. The highest BCUT2D eigenvalue weighted by Crippen LogP contribution is 2.12. The molecule has 1 aromatic heterocycles. The van der Waals surface area contributed by atoms with E-state index in [0.717, 1.165) is 5.69 Å². The van der Waals surface area contributed by atoms with Gasteiger partial charge in [0.25, 0.3) is 0 Å². The van der Waals surface area contributed by atoms with Gasteiger partial charge in [0.05, 0.1) is 5.69 Å². The molecule has 0 atom stereocenters. The van der Waals surface area contributed by atoms with E-state index < -0.39 is 0 Å². The van der Waals surface area contributed by atoms with Crippen molar-refractivity contribution in [2.24, 2.45) is 0 Å². The average Bonchev–Trinajstić information content (AvgIpc) is 2.66. The van der Waals surface area contributed by atoms with Crippen LogP contribution < -0.4 is 0 Å². The van der Waals surface area contributed by atoms with E-state index in [4.69, 9.17) is 11.6 Å². The number of tetrazole rings is 1. The van der Waals surface area contributed by atoms with Crippen LogP contribution in [0.2, 0.25) is 5.02 Å². The maximum absolute atomic E-state index is 5.83. The number of nitrogens with zero attached hydrogens (tertiary/aromatic N) is 4. The van der Waals surface area contributed by atoms with Crippen molar-refractivity contribution in [1.82, 2.24) is 20.2 Å². The van der Waals surface area contributed by atoms with Gasteiger partial charge in [-0.15, -0.1) is 15.0 Å². The second-order valence-electron chi connectivity index (χ2n) is 2.62. The lowest BCUT2D eigenvalue weighted by molar-refractivity contribution is 0.719. The first kappa shape index (κ1) is 8.90. The molecule has 0 saturated heterocycles. The van der Waals surface area contributed by atoms with Crippen LogP contribution in [0.5, 0.6) is 0 Å². The van der Waals surface area contributed by atoms with Crippen molar-refractivity contribution in [3.63, 3.8) is 0 Å². The Labute approximate surface area is 85.8 Å². The van der Waals surface area contributed by atoms with Gasteiger partial charge in [0.15, 0.2) is 5.82 Å². The van der Waals surface area contributed by atoms with Crippen LogP contribution in [-0.2, 0) is 0 Å². The Morgan fingerprint density at radius 1 is 1.43 bits per heavy atom. The predicted octanol–water partition coefficient (Wildman–Crippen LogP) is 1.96. The summed E-state index contributed by atoms with van der Waals surface area (Å²) in [5, 5.41) is 12.3. The van der Waals surface area contributed by atoms with Crippen molar-refractivity contribution in [3.8, 4) is 5.69 Å². The monoisotopic (exact) mass is 206 g/mol. The van der Waals surface area contributed by atoms with Crippen LogP contribution in [0.1, 0.15) is 5.82 Å². The molecule has 4 nitrogen and oxygen atoms in total. The fourth-order valence-corrected chi connectivity index (χ4v) is 1.20. The highest BCUT2D eigenvalue weighted by atomic mass is 35.5. The lowest BCUT2D eigenvalue weighted by Crippen LogP contribution is -1.98. The summed E-state index contributed by atoms with van der Waals surface area (Å²) in [7, 11) is 0. The second-order valence-corrected chi connectivity index (χ2v) is 3.06. The van der Waals surface area contributed by atoms with E-state index in [9.17, 15) is 0 Å². The molecule has 2 rings (SSSR count). The first-order chi connectivity index (χ1) is 6.79. The quantitative estimate of drug-likeness (QED) is 0.755. The van der Waals surface area contributed by atoms with E-state index in [-0.39, 0.29) is 0 Å². The molecule has 70 valence electrons. The van der Waals surface area contributed by atoms with Crippen LogP contribution in [0.25, 0.3) is 11.8 Å². The third-order valence-corrected chi connectivity index (χ3v) is 1.89. The smallest absolute Gasteiger partial charge is 0.130 e. The zero-order valence-corrected chi connectivity index (χ0v) is 8.02. The van der Waals surface area contributed by atoms with E-state index >= 15 is 0 Å². The summed E-state index contributed by atoms with van der Waals surface area (Å²) in [6, 6.07) is 7.22. The minimum atomic E-state index is 0.491. The number of halogens is 1. The van der Waals surface area contributed by atoms with Crippen molar-refractivity contribution in [2.75, 3.05) is 0 Å². The summed E-state index contributed by atoms with van der Waals surface area (Å²) in [5.74, 6) is 0.491. The minimum Gasteiger partial charge on any atom is -0.130 e. The molecule has 0 aliphatic rings. The molecule has 0 amide bonds. The molecule has 0 aliphatic carbocycles. The normalized spacial score (nSPS) is 10.1. The second kappa shape index (κ2) is 3.59. The maximum atomic E-state index is 5.83. The Bertz CT molecular complexity index is 463. The van der Waals surface area contributed by atoms with Crippen molar-refractivity contribution >= 4 is 17.7 Å². The Kier molecular flexibility index (Phi) is 2.28.